The van der Waals surface area contributed by atoms with Crippen LogP contribution in [0.25, 0.3) is 0 Å². The maximum Gasteiger partial charge on any atom is 0.408 e. The summed E-state index contributed by atoms with van der Waals surface area (Å²) in [5.41, 5.74) is -1.27. The Morgan fingerprint density at radius 1 is 1.61 bits per heavy atom. The van der Waals surface area contributed by atoms with Gasteiger partial charge in [-0.2, -0.15) is 0 Å². The monoisotopic (exact) mass is 256 g/mol. The lowest BCUT2D eigenvalue weighted by atomic mass is 9.73. The maximum atomic E-state index is 12.2. The fourth-order valence-corrected chi connectivity index (χ4v) is 3.04. The molecule has 0 saturated carbocycles. The summed E-state index contributed by atoms with van der Waals surface area (Å²) in [6.07, 6.45) is 0.575. The topological polar surface area (TPSA) is 86.7 Å². The highest BCUT2D eigenvalue weighted by Gasteiger charge is 2.58. The highest BCUT2D eigenvalue weighted by Crippen LogP contribution is 2.41. The van der Waals surface area contributed by atoms with Crippen LogP contribution in [0.4, 0.5) is 4.79 Å². The molecule has 6 nitrogen and oxygen atoms in total. The van der Waals surface area contributed by atoms with Gasteiger partial charge in [0.2, 0.25) is 5.91 Å². The second-order valence-corrected chi connectivity index (χ2v) is 4.68. The van der Waals surface area contributed by atoms with Gasteiger partial charge in [0, 0.05) is 19.5 Å². The molecule has 0 aromatic rings. The van der Waals surface area contributed by atoms with Crippen molar-refractivity contribution in [3.63, 3.8) is 0 Å². The summed E-state index contributed by atoms with van der Waals surface area (Å²) in [5.74, 6) is -1.19. The first-order valence-electron chi connectivity index (χ1n) is 6.14. The predicted octanol–water partition coefficient (Wildman–Crippen LogP) is 0.716. The highest BCUT2D eigenvalue weighted by molar-refractivity contribution is 5.93. The van der Waals surface area contributed by atoms with E-state index < -0.39 is 23.5 Å². The van der Waals surface area contributed by atoms with Crippen molar-refractivity contribution in [1.82, 2.24) is 10.2 Å². The Morgan fingerprint density at radius 3 is 2.61 bits per heavy atom. The molecule has 102 valence electrons. The Kier molecular flexibility index (Phi) is 4.32. The molecule has 6 heteroatoms. The zero-order chi connectivity index (χ0) is 13.9. The summed E-state index contributed by atoms with van der Waals surface area (Å²) in [4.78, 5) is 36.0. The molecule has 1 fully saturated rings. The predicted molar refractivity (Wildman–Crippen MR) is 65.2 cm³/mol. The number of carboxylic acid groups (broad SMARTS) is 1. The summed E-state index contributed by atoms with van der Waals surface area (Å²) < 4.78 is 0. The number of likely N-dealkylation sites (tertiary alicyclic amines) is 1. The van der Waals surface area contributed by atoms with Crippen LogP contribution in [0.1, 0.15) is 26.7 Å². The van der Waals surface area contributed by atoms with Crippen molar-refractivity contribution < 1.29 is 19.5 Å². The van der Waals surface area contributed by atoms with Crippen molar-refractivity contribution in [3.05, 3.63) is 0 Å². The molecule has 2 N–H and O–H groups in total. The summed E-state index contributed by atoms with van der Waals surface area (Å²) >= 11 is 0. The van der Waals surface area contributed by atoms with Gasteiger partial charge in [0.05, 0.1) is 0 Å². The molecular weight excluding hydrogens is 236 g/mol. The first-order chi connectivity index (χ1) is 8.46. The van der Waals surface area contributed by atoms with Crippen LogP contribution in [0.15, 0.2) is 0 Å². The molecule has 1 saturated heterocycles. The normalized spacial score (nSPS) is 28.8. The Hall–Kier alpha value is -1.59. The van der Waals surface area contributed by atoms with E-state index in [1.165, 1.54) is 7.05 Å². The molecule has 3 atom stereocenters. The Bertz CT molecular complexity index is 358. The number of aldehydes is 1. The van der Waals surface area contributed by atoms with Crippen molar-refractivity contribution in [2.24, 2.45) is 11.8 Å². The molecule has 0 aliphatic carbocycles. The minimum atomic E-state index is -1.27. The quantitative estimate of drug-likeness (QED) is 0.725. The number of carbonyl (C=O) groups is 3. The van der Waals surface area contributed by atoms with Crippen LogP contribution in [-0.4, -0.2) is 47.4 Å². The second kappa shape index (κ2) is 5.37. The largest absolute Gasteiger partial charge is 0.465 e. The number of amides is 2. The summed E-state index contributed by atoms with van der Waals surface area (Å²) in [5, 5.41) is 11.8. The molecule has 1 aliphatic heterocycles. The lowest BCUT2D eigenvalue weighted by molar-refractivity contribution is -0.139. The first-order valence-corrected chi connectivity index (χ1v) is 6.14. The van der Waals surface area contributed by atoms with Gasteiger partial charge in [-0.1, -0.05) is 13.8 Å². The van der Waals surface area contributed by atoms with Gasteiger partial charge in [0.1, 0.15) is 11.8 Å². The number of rotatable bonds is 4. The number of nitrogens with zero attached hydrogens (tertiary/aromatic N) is 1. The van der Waals surface area contributed by atoms with Crippen LogP contribution in [-0.2, 0) is 9.59 Å². The van der Waals surface area contributed by atoms with E-state index in [1.54, 1.807) is 6.92 Å². The smallest absolute Gasteiger partial charge is 0.408 e. The third-order valence-corrected chi connectivity index (χ3v) is 3.97. The standard InChI is InChI=1S/C12H20N2O4/c1-4-9(7-15)12(10(16)13-3)8(2)5-6-14(12)11(17)18/h7-9H,4-6H2,1-3H3,(H,13,16)(H,17,18). The number of likely N-dealkylation sites (N-methyl/N-ethyl adjacent to an activating group) is 1. The van der Waals surface area contributed by atoms with Crippen LogP contribution >= 0.6 is 0 Å². The third kappa shape index (κ3) is 1.85. The second-order valence-electron chi connectivity index (χ2n) is 4.68. The molecule has 0 spiro atoms. The zero-order valence-electron chi connectivity index (χ0n) is 11.0. The van der Waals surface area contributed by atoms with E-state index in [2.05, 4.69) is 5.32 Å². The number of hydrogen-bond donors (Lipinski definition) is 2. The van der Waals surface area contributed by atoms with Gasteiger partial charge in [-0.3, -0.25) is 9.69 Å². The van der Waals surface area contributed by atoms with E-state index in [4.69, 9.17) is 0 Å². The Labute approximate surface area is 106 Å². The fraction of sp³-hybridized carbons (Fsp3) is 0.750. The van der Waals surface area contributed by atoms with Crippen LogP contribution < -0.4 is 5.32 Å². The molecular formula is C12H20N2O4. The van der Waals surface area contributed by atoms with Gasteiger partial charge < -0.3 is 15.2 Å². The Balaban J connectivity index is 3.36. The Morgan fingerprint density at radius 2 is 2.22 bits per heavy atom. The van der Waals surface area contributed by atoms with Crippen LogP contribution in [0, 0.1) is 11.8 Å². The number of nitrogens with one attached hydrogen (secondary N) is 1. The van der Waals surface area contributed by atoms with E-state index in [0.717, 1.165) is 4.90 Å². The molecule has 3 unspecified atom stereocenters. The lowest BCUT2D eigenvalue weighted by Crippen LogP contribution is -2.63. The van der Waals surface area contributed by atoms with Crippen LogP contribution in [0.2, 0.25) is 0 Å². The SMILES string of the molecule is CCC(C=O)C1(C(=O)NC)C(C)CCN1C(=O)O. The average molecular weight is 256 g/mol. The summed E-state index contributed by atoms with van der Waals surface area (Å²) in [7, 11) is 1.46. The number of carbonyl (C=O) groups excluding carboxylic acids is 2. The van der Waals surface area contributed by atoms with Gasteiger partial charge in [-0.15, -0.1) is 0 Å². The van der Waals surface area contributed by atoms with Crippen molar-refractivity contribution in [3.8, 4) is 0 Å². The van der Waals surface area contributed by atoms with Crippen molar-refractivity contribution in [2.45, 2.75) is 32.2 Å². The molecule has 0 radical (unpaired) electrons. The van der Waals surface area contributed by atoms with Gasteiger partial charge in [-0.25, -0.2) is 4.79 Å². The van der Waals surface area contributed by atoms with Crippen molar-refractivity contribution >= 4 is 18.3 Å². The van der Waals surface area contributed by atoms with E-state index in [1.807, 2.05) is 6.92 Å². The minimum absolute atomic E-state index is 0.177. The third-order valence-electron chi connectivity index (χ3n) is 3.97. The lowest BCUT2D eigenvalue weighted by Gasteiger charge is -2.41. The highest BCUT2D eigenvalue weighted by atomic mass is 16.4. The molecule has 1 heterocycles. The zero-order valence-corrected chi connectivity index (χ0v) is 11.0. The molecule has 0 bridgehead atoms. The fourth-order valence-electron chi connectivity index (χ4n) is 3.04. The minimum Gasteiger partial charge on any atom is -0.465 e. The first kappa shape index (κ1) is 14.5. The molecule has 2 amide bonds. The van der Waals surface area contributed by atoms with Crippen molar-refractivity contribution in [2.75, 3.05) is 13.6 Å². The molecule has 0 aromatic heterocycles. The van der Waals surface area contributed by atoms with E-state index >= 15 is 0 Å². The van der Waals surface area contributed by atoms with E-state index in [-0.39, 0.29) is 12.5 Å². The van der Waals surface area contributed by atoms with E-state index in [0.29, 0.717) is 19.1 Å². The molecule has 1 rings (SSSR count). The van der Waals surface area contributed by atoms with Crippen LogP contribution in [0.5, 0.6) is 0 Å². The van der Waals surface area contributed by atoms with Crippen LogP contribution in [0.3, 0.4) is 0 Å². The van der Waals surface area contributed by atoms with Crippen molar-refractivity contribution in [1.29, 1.82) is 0 Å². The summed E-state index contributed by atoms with van der Waals surface area (Å²) in [6, 6.07) is 0. The van der Waals surface area contributed by atoms with Gasteiger partial charge in [0.25, 0.3) is 0 Å². The molecule has 0 aromatic carbocycles. The molecule has 1 aliphatic rings. The maximum absolute atomic E-state index is 12.2. The van der Waals surface area contributed by atoms with E-state index in [9.17, 15) is 19.5 Å². The molecule has 18 heavy (non-hydrogen) atoms. The summed E-state index contributed by atoms with van der Waals surface area (Å²) in [6.45, 7) is 3.90. The number of hydrogen-bond acceptors (Lipinski definition) is 3. The van der Waals surface area contributed by atoms with Gasteiger partial charge >= 0.3 is 6.09 Å². The van der Waals surface area contributed by atoms with Gasteiger partial charge in [0.15, 0.2) is 0 Å². The van der Waals surface area contributed by atoms with Gasteiger partial charge in [-0.05, 0) is 18.8 Å². The average Bonchev–Trinajstić information content (AvgIpc) is 2.69.